The van der Waals surface area contributed by atoms with Gasteiger partial charge in [0, 0.05) is 11.7 Å². The third-order valence-electron chi connectivity index (χ3n) is 3.73. The zero-order valence-corrected chi connectivity index (χ0v) is 13.6. The topological polar surface area (TPSA) is 82.2 Å². The number of aromatic nitrogens is 1. The number of hydrogen-bond donors (Lipinski definition) is 3. The predicted octanol–water partition coefficient (Wildman–Crippen LogP) is 2.23. The van der Waals surface area contributed by atoms with Crippen LogP contribution in [0.25, 0.3) is 0 Å². The average molecular weight is 314 g/mol. The summed E-state index contributed by atoms with van der Waals surface area (Å²) in [6, 6.07) is 10.8. The molecule has 1 heterocycles. The Labute approximate surface area is 135 Å². The van der Waals surface area contributed by atoms with E-state index in [1.54, 1.807) is 19.9 Å². The molecule has 0 aliphatic carbocycles. The summed E-state index contributed by atoms with van der Waals surface area (Å²) in [4.78, 5) is 26.9. The van der Waals surface area contributed by atoms with Crippen molar-refractivity contribution in [2.24, 2.45) is 0 Å². The number of aliphatic hydroxyl groups is 1. The smallest absolute Gasteiger partial charge is 0.261 e. The van der Waals surface area contributed by atoms with Gasteiger partial charge < -0.3 is 15.4 Å². The van der Waals surface area contributed by atoms with Gasteiger partial charge in [-0.15, -0.1) is 0 Å². The van der Waals surface area contributed by atoms with Crippen molar-refractivity contribution < 1.29 is 9.90 Å². The van der Waals surface area contributed by atoms with E-state index in [9.17, 15) is 14.7 Å². The molecule has 1 amide bonds. The van der Waals surface area contributed by atoms with Crippen LogP contribution in [-0.2, 0) is 0 Å². The van der Waals surface area contributed by atoms with E-state index < -0.39 is 17.6 Å². The number of amides is 1. The van der Waals surface area contributed by atoms with E-state index in [4.69, 9.17) is 0 Å². The van der Waals surface area contributed by atoms with Gasteiger partial charge >= 0.3 is 0 Å². The van der Waals surface area contributed by atoms with E-state index in [-0.39, 0.29) is 11.6 Å². The van der Waals surface area contributed by atoms with Crippen molar-refractivity contribution in [1.82, 2.24) is 10.3 Å². The summed E-state index contributed by atoms with van der Waals surface area (Å²) in [5, 5.41) is 13.0. The molecular formula is C18H22N2O3. The molecule has 2 atom stereocenters. The van der Waals surface area contributed by atoms with Crippen LogP contribution in [0.2, 0.25) is 0 Å². The van der Waals surface area contributed by atoms with Crippen LogP contribution in [0.1, 0.15) is 46.6 Å². The number of aryl methyl sites for hydroxylation is 2. The lowest BCUT2D eigenvalue weighted by molar-refractivity contribution is 0.0915. The maximum atomic E-state index is 12.3. The van der Waals surface area contributed by atoms with Crippen LogP contribution in [0.4, 0.5) is 0 Å². The molecule has 0 spiro atoms. The Hall–Kier alpha value is -2.40. The van der Waals surface area contributed by atoms with Crippen LogP contribution in [0.5, 0.6) is 0 Å². The first-order valence-corrected chi connectivity index (χ1v) is 7.63. The number of carbonyl (C=O) groups is 1. The van der Waals surface area contributed by atoms with E-state index in [2.05, 4.69) is 10.3 Å². The number of benzene rings is 1. The Morgan fingerprint density at radius 3 is 2.52 bits per heavy atom. The summed E-state index contributed by atoms with van der Waals surface area (Å²) < 4.78 is 0. The molecule has 5 heteroatoms. The summed E-state index contributed by atoms with van der Waals surface area (Å²) in [6.07, 6.45) is -0.289. The van der Waals surface area contributed by atoms with Crippen molar-refractivity contribution in [3.63, 3.8) is 0 Å². The lowest BCUT2D eigenvalue weighted by Gasteiger charge is -2.18. The molecule has 122 valence electrons. The van der Waals surface area contributed by atoms with E-state index in [1.807, 2.05) is 37.3 Å². The maximum Gasteiger partial charge on any atom is 0.261 e. The van der Waals surface area contributed by atoms with Crippen molar-refractivity contribution >= 4 is 5.91 Å². The van der Waals surface area contributed by atoms with Gasteiger partial charge in [0.15, 0.2) is 0 Å². The van der Waals surface area contributed by atoms with Gasteiger partial charge in [0.25, 0.3) is 11.5 Å². The normalized spacial score (nSPS) is 13.4. The highest BCUT2D eigenvalue weighted by Crippen LogP contribution is 2.17. The summed E-state index contributed by atoms with van der Waals surface area (Å²) in [6.45, 7) is 5.32. The summed E-state index contributed by atoms with van der Waals surface area (Å²) in [5.74, 6) is -0.420. The largest absolute Gasteiger partial charge is 0.388 e. The highest BCUT2D eigenvalue weighted by molar-refractivity contribution is 5.95. The zero-order valence-electron chi connectivity index (χ0n) is 13.6. The van der Waals surface area contributed by atoms with Crippen LogP contribution in [0.15, 0.2) is 41.2 Å². The number of nitrogens with one attached hydrogen (secondary N) is 2. The third-order valence-corrected chi connectivity index (χ3v) is 3.73. The minimum absolute atomic E-state index is 0.122. The second kappa shape index (κ2) is 7.24. The summed E-state index contributed by atoms with van der Waals surface area (Å²) in [7, 11) is 0. The Bertz CT molecular complexity index is 738. The molecule has 0 radical (unpaired) electrons. The second-order valence-electron chi connectivity index (χ2n) is 5.88. The molecular weight excluding hydrogens is 292 g/mol. The highest BCUT2D eigenvalue weighted by atomic mass is 16.3. The molecule has 0 fully saturated rings. The lowest BCUT2D eigenvalue weighted by atomic mass is 10.0. The number of pyridine rings is 1. The number of hydrogen-bond acceptors (Lipinski definition) is 3. The molecule has 2 aromatic rings. The Balaban J connectivity index is 2.04. The van der Waals surface area contributed by atoms with Crippen LogP contribution < -0.4 is 10.9 Å². The molecule has 1 aromatic carbocycles. The number of aliphatic hydroxyl groups excluding tert-OH is 1. The van der Waals surface area contributed by atoms with Crippen LogP contribution >= 0.6 is 0 Å². The first-order valence-electron chi connectivity index (χ1n) is 7.63. The molecule has 0 bridgehead atoms. The maximum absolute atomic E-state index is 12.3. The Morgan fingerprint density at radius 1 is 1.26 bits per heavy atom. The van der Waals surface area contributed by atoms with Gasteiger partial charge in [-0.2, -0.15) is 0 Å². The predicted molar refractivity (Wildman–Crippen MR) is 89.5 cm³/mol. The molecule has 0 saturated carbocycles. The first kappa shape index (κ1) is 17.0. The van der Waals surface area contributed by atoms with Crippen molar-refractivity contribution in [3.05, 3.63) is 69.1 Å². The number of rotatable bonds is 5. The standard InChI is InChI=1S/C18H22N2O3/c1-11-9-12(2)19-17(22)16(11)18(23)20-13(3)10-15(21)14-7-5-4-6-8-14/h4-9,13,15,21H,10H2,1-3H3,(H,19,22)(H,20,23)/t13-,15-/m0/s1. The summed E-state index contributed by atoms with van der Waals surface area (Å²) in [5.41, 5.74) is 1.89. The van der Waals surface area contributed by atoms with E-state index in [0.717, 1.165) is 11.3 Å². The van der Waals surface area contributed by atoms with Gasteiger partial charge in [-0.25, -0.2) is 0 Å². The molecule has 0 saturated heterocycles. The quantitative estimate of drug-likeness (QED) is 0.791. The first-order chi connectivity index (χ1) is 10.9. The third kappa shape index (κ3) is 4.29. The molecule has 3 N–H and O–H groups in total. The van der Waals surface area contributed by atoms with Crippen molar-refractivity contribution in [2.75, 3.05) is 0 Å². The van der Waals surface area contributed by atoms with Crippen LogP contribution in [0, 0.1) is 13.8 Å². The molecule has 1 aromatic heterocycles. The average Bonchev–Trinajstić information content (AvgIpc) is 2.46. The molecule has 0 aliphatic heterocycles. The minimum Gasteiger partial charge on any atom is -0.388 e. The van der Waals surface area contributed by atoms with Crippen LogP contribution in [-0.4, -0.2) is 22.0 Å². The monoisotopic (exact) mass is 314 g/mol. The number of aromatic amines is 1. The zero-order chi connectivity index (χ0) is 17.0. The fourth-order valence-corrected chi connectivity index (χ4v) is 2.64. The SMILES string of the molecule is Cc1cc(C)c(C(=O)N[C@@H](C)C[C@H](O)c2ccccc2)c(=O)[nH]1. The minimum atomic E-state index is -0.663. The van der Waals surface area contributed by atoms with Crippen molar-refractivity contribution in [3.8, 4) is 0 Å². The van der Waals surface area contributed by atoms with Gasteiger partial charge in [0.05, 0.1) is 6.10 Å². The Kier molecular flexibility index (Phi) is 5.34. The van der Waals surface area contributed by atoms with Gasteiger partial charge in [0.1, 0.15) is 5.56 Å². The van der Waals surface area contributed by atoms with Crippen molar-refractivity contribution in [1.29, 1.82) is 0 Å². The molecule has 23 heavy (non-hydrogen) atoms. The molecule has 0 aliphatic rings. The fourth-order valence-electron chi connectivity index (χ4n) is 2.64. The Morgan fingerprint density at radius 2 is 1.91 bits per heavy atom. The highest BCUT2D eigenvalue weighted by Gasteiger charge is 2.18. The van der Waals surface area contributed by atoms with Gasteiger partial charge in [-0.1, -0.05) is 30.3 Å². The molecule has 2 rings (SSSR count). The van der Waals surface area contributed by atoms with E-state index in [0.29, 0.717) is 12.0 Å². The van der Waals surface area contributed by atoms with Gasteiger partial charge in [0.2, 0.25) is 0 Å². The van der Waals surface area contributed by atoms with Crippen LogP contribution in [0.3, 0.4) is 0 Å². The molecule has 0 unspecified atom stereocenters. The van der Waals surface area contributed by atoms with Crippen molar-refractivity contribution in [2.45, 2.75) is 39.3 Å². The van der Waals surface area contributed by atoms with Gasteiger partial charge in [-0.05, 0) is 44.4 Å². The molecule has 5 nitrogen and oxygen atoms in total. The second-order valence-corrected chi connectivity index (χ2v) is 5.88. The van der Waals surface area contributed by atoms with E-state index >= 15 is 0 Å². The van der Waals surface area contributed by atoms with E-state index in [1.165, 1.54) is 0 Å². The number of H-pyrrole nitrogens is 1. The number of carbonyl (C=O) groups excluding carboxylic acids is 1. The lowest BCUT2D eigenvalue weighted by Crippen LogP contribution is -2.37. The fraction of sp³-hybridized carbons (Fsp3) is 0.333. The van der Waals surface area contributed by atoms with Gasteiger partial charge in [-0.3, -0.25) is 9.59 Å². The summed E-state index contributed by atoms with van der Waals surface area (Å²) >= 11 is 0.